The van der Waals surface area contributed by atoms with Crippen LogP contribution in [0.15, 0.2) is 53.3 Å². The van der Waals surface area contributed by atoms with E-state index in [1.165, 1.54) is 0 Å². The van der Waals surface area contributed by atoms with Crippen molar-refractivity contribution in [1.82, 2.24) is 25.1 Å². The van der Waals surface area contributed by atoms with Gasteiger partial charge in [0.1, 0.15) is 11.4 Å². The number of pyridine rings is 1. The summed E-state index contributed by atoms with van der Waals surface area (Å²) in [6, 6.07) is 14.4. The first-order valence-corrected chi connectivity index (χ1v) is 13.1. The zero-order valence-electron chi connectivity index (χ0n) is 21.5. The fourth-order valence-electron chi connectivity index (χ4n) is 5.68. The monoisotopic (exact) mass is 502 g/mol. The van der Waals surface area contributed by atoms with Crippen LogP contribution in [0.1, 0.15) is 55.3 Å². The molecule has 1 saturated heterocycles. The number of nitrogens with zero attached hydrogens (tertiary/aromatic N) is 6. The van der Waals surface area contributed by atoms with E-state index < -0.39 is 0 Å². The minimum atomic E-state index is -0.0258. The van der Waals surface area contributed by atoms with Crippen LogP contribution in [0.5, 0.6) is 0 Å². The average Bonchev–Trinajstić information content (AvgIpc) is 3.29. The molecule has 2 bridgehead atoms. The summed E-state index contributed by atoms with van der Waals surface area (Å²) in [5.41, 5.74) is 4.05. The summed E-state index contributed by atoms with van der Waals surface area (Å²) in [6.07, 6.45) is 5.99. The van der Waals surface area contributed by atoms with Crippen molar-refractivity contribution in [2.45, 2.75) is 71.1 Å². The number of benzene rings is 1. The molecule has 37 heavy (non-hydrogen) atoms. The first kappa shape index (κ1) is 25.1. The second kappa shape index (κ2) is 11.2. The maximum absolute atomic E-state index is 13.7. The minimum absolute atomic E-state index is 0.0116. The van der Waals surface area contributed by atoms with Gasteiger partial charge < -0.3 is 9.80 Å². The van der Waals surface area contributed by atoms with Crippen molar-refractivity contribution in [3.63, 3.8) is 0 Å². The second-order valence-corrected chi connectivity index (χ2v) is 10.1. The number of carbonyl (C=O) groups excluding carboxylic acids is 2. The number of piperidine rings is 1. The van der Waals surface area contributed by atoms with Crippen LogP contribution in [0.3, 0.4) is 0 Å². The molecule has 2 amide bonds. The summed E-state index contributed by atoms with van der Waals surface area (Å²) in [6.45, 7) is 5.79. The van der Waals surface area contributed by atoms with E-state index in [2.05, 4.69) is 26.3 Å². The lowest BCUT2D eigenvalue weighted by Crippen LogP contribution is -2.52. The lowest BCUT2D eigenvalue weighted by Gasteiger charge is -2.44. The Morgan fingerprint density at radius 3 is 2.59 bits per heavy atom. The van der Waals surface area contributed by atoms with Crippen LogP contribution in [0.4, 0.5) is 5.69 Å². The van der Waals surface area contributed by atoms with Crippen LogP contribution in [0.25, 0.3) is 0 Å². The molecular formula is C28H34N6O3. The Bertz CT molecular complexity index is 1230. The van der Waals surface area contributed by atoms with E-state index in [9.17, 15) is 9.59 Å². The third-order valence-corrected chi connectivity index (χ3v) is 7.64. The molecule has 0 radical (unpaired) electrons. The molecule has 2 aliphatic heterocycles. The highest BCUT2D eigenvalue weighted by Crippen LogP contribution is 2.31. The van der Waals surface area contributed by atoms with Crippen LogP contribution in [-0.2, 0) is 29.1 Å². The summed E-state index contributed by atoms with van der Waals surface area (Å²) in [7, 11) is 0. The highest BCUT2D eigenvalue weighted by atomic mass is 16.6. The van der Waals surface area contributed by atoms with Gasteiger partial charge in [0.15, 0.2) is 0 Å². The molecule has 2 aliphatic rings. The predicted octanol–water partition coefficient (Wildman–Crippen LogP) is 3.52. The first-order valence-electron chi connectivity index (χ1n) is 13.1. The van der Waals surface area contributed by atoms with Gasteiger partial charge >= 0.3 is 0 Å². The molecule has 2 atom stereocenters. The summed E-state index contributed by atoms with van der Waals surface area (Å²) >= 11 is 0. The van der Waals surface area contributed by atoms with E-state index in [0.29, 0.717) is 37.1 Å². The largest absolute Gasteiger partial charge is 0.336 e. The van der Waals surface area contributed by atoms with Gasteiger partial charge in [-0.1, -0.05) is 41.0 Å². The van der Waals surface area contributed by atoms with Gasteiger partial charge in [-0.2, -0.15) is 0 Å². The van der Waals surface area contributed by atoms with Crippen LogP contribution in [0.2, 0.25) is 0 Å². The predicted molar refractivity (Wildman–Crippen MR) is 138 cm³/mol. The van der Waals surface area contributed by atoms with Crippen molar-refractivity contribution in [2.24, 2.45) is 0 Å². The molecule has 194 valence electrons. The highest BCUT2D eigenvalue weighted by Gasteiger charge is 2.35. The minimum Gasteiger partial charge on any atom is -0.336 e. The molecule has 2 aromatic heterocycles. The number of carbonyl (C=O) groups is 2. The summed E-state index contributed by atoms with van der Waals surface area (Å²) in [5, 5.41) is 7.79. The van der Waals surface area contributed by atoms with Gasteiger partial charge in [-0.25, -0.2) is 4.63 Å². The number of amides is 2. The fourth-order valence-corrected chi connectivity index (χ4v) is 5.68. The van der Waals surface area contributed by atoms with Crippen molar-refractivity contribution in [3.8, 4) is 0 Å². The standard InChI is InChI=1S/C28H34N6O3/c1-20-26(31-37-30-20)16-28(36)32-17-22-8-3-4-12-27(22)33(21(2)35)15-13-24-10-7-11-25(19-32)34(24)18-23-9-5-6-14-29-23/h3-6,8-9,12,14,24-25H,7,10-11,13,15-19H2,1-2H3. The van der Waals surface area contributed by atoms with Crippen LogP contribution in [0, 0.1) is 6.92 Å². The number of rotatable bonds is 4. The van der Waals surface area contributed by atoms with Crippen LogP contribution in [-0.4, -0.2) is 62.1 Å². The Balaban J connectivity index is 1.52. The topological polar surface area (TPSA) is 95.7 Å². The summed E-state index contributed by atoms with van der Waals surface area (Å²) in [5.74, 6) is -0.0142. The van der Waals surface area contributed by atoms with Gasteiger partial charge in [0, 0.05) is 57.1 Å². The van der Waals surface area contributed by atoms with E-state index in [-0.39, 0.29) is 24.3 Å². The Hall–Kier alpha value is -3.59. The molecule has 4 heterocycles. The molecule has 0 saturated carbocycles. The number of anilines is 1. The zero-order chi connectivity index (χ0) is 25.8. The van der Waals surface area contributed by atoms with E-state index in [0.717, 1.165) is 49.2 Å². The molecule has 0 N–H and O–H groups in total. The zero-order valence-corrected chi connectivity index (χ0v) is 21.5. The molecule has 5 rings (SSSR count). The van der Waals surface area contributed by atoms with Gasteiger partial charge in [0.2, 0.25) is 11.8 Å². The third-order valence-electron chi connectivity index (χ3n) is 7.64. The smallest absolute Gasteiger partial charge is 0.229 e. The molecule has 1 aromatic carbocycles. The SMILES string of the molecule is CC(=O)N1CCC2CCCC(CN(C(=O)Cc3nonc3C)Cc3ccccc31)N2Cc1ccccn1. The van der Waals surface area contributed by atoms with Crippen molar-refractivity contribution >= 4 is 17.5 Å². The lowest BCUT2D eigenvalue weighted by atomic mass is 9.92. The second-order valence-electron chi connectivity index (χ2n) is 10.1. The summed E-state index contributed by atoms with van der Waals surface area (Å²) in [4.78, 5) is 37.4. The lowest BCUT2D eigenvalue weighted by molar-refractivity contribution is -0.132. The van der Waals surface area contributed by atoms with Crippen LogP contribution < -0.4 is 4.90 Å². The number of aryl methyl sites for hydroxylation is 1. The molecular weight excluding hydrogens is 468 g/mol. The normalized spacial score (nSPS) is 20.7. The molecule has 1 fully saturated rings. The Morgan fingerprint density at radius 1 is 1.03 bits per heavy atom. The third kappa shape index (κ3) is 5.72. The maximum Gasteiger partial charge on any atom is 0.229 e. The van der Waals surface area contributed by atoms with Crippen molar-refractivity contribution in [3.05, 3.63) is 71.3 Å². The van der Waals surface area contributed by atoms with E-state index in [1.807, 2.05) is 52.4 Å². The Labute approximate surface area is 217 Å². The van der Waals surface area contributed by atoms with Gasteiger partial charge in [0.05, 0.1) is 12.1 Å². The quantitative estimate of drug-likeness (QED) is 0.539. The van der Waals surface area contributed by atoms with E-state index in [1.54, 1.807) is 13.8 Å². The number of para-hydroxylation sites is 1. The number of fused-ring (bicyclic) bond motifs is 3. The van der Waals surface area contributed by atoms with Crippen LogP contribution >= 0.6 is 0 Å². The van der Waals surface area contributed by atoms with E-state index >= 15 is 0 Å². The molecule has 9 nitrogen and oxygen atoms in total. The average molecular weight is 503 g/mol. The molecule has 3 aromatic rings. The maximum atomic E-state index is 13.7. The molecule has 0 spiro atoms. The van der Waals surface area contributed by atoms with Crippen molar-refractivity contribution < 1.29 is 14.2 Å². The number of aromatic nitrogens is 3. The van der Waals surface area contributed by atoms with Crippen molar-refractivity contribution in [2.75, 3.05) is 18.0 Å². The number of hydrogen-bond donors (Lipinski definition) is 0. The highest BCUT2D eigenvalue weighted by molar-refractivity contribution is 5.92. The summed E-state index contributed by atoms with van der Waals surface area (Å²) < 4.78 is 4.85. The Morgan fingerprint density at radius 2 is 1.84 bits per heavy atom. The van der Waals surface area contributed by atoms with Crippen molar-refractivity contribution in [1.29, 1.82) is 0 Å². The molecule has 0 aliphatic carbocycles. The van der Waals surface area contributed by atoms with E-state index in [4.69, 9.17) is 4.63 Å². The Kier molecular flexibility index (Phi) is 7.60. The van der Waals surface area contributed by atoms with Gasteiger partial charge in [-0.15, -0.1) is 0 Å². The van der Waals surface area contributed by atoms with Gasteiger partial charge in [-0.05, 0) is 49.9 Å². The number of hydrogen-bond acceptors (Lipinski definition) is 7. The van der Waals surface area contributed by atoms with Gasteiger partial charge in [-0.3, -0.25) is 19.5 Å². The molecule has 9 heteroatoms. The first-order chi connectivity index (χ1) is 18.0. The molecule has 2 unspecified atom stereocenters. The van der Waals surface area contributed by atoms with Gasteiger partial charge in [0.25, 0.3) is 0 Å². The fraction of sp³-hybridized carbons (Fsp3) is 0.464.